The van der Waals surface area contributed by atoms with Gasteiger partial charge >= 0.3 is 0 Å². The standard InChI is InChI=1S/C16H20N4OS/c1-11-14(8-17-16(18-11)19(2)3)15(21)20(13-4-5-13)9-12-6-7-22-10-12/h6-8,10,13H,4-5,9H2,1-3H3. The van der Waals surface area contributed by atoms with Gasteiger partial charge in [-0.3, -0.25) is 4.79 Å². The Kier molecular flexibility index (Phi) is 4.11. The van der Waals surface area contributed by atoms with Crippen molar-refractivity contribution >= 4 is 23.2 Å². The van der Waals surface area contributed by atoms with Crippen molar-refractivity contribution in [2.45, 2.75) is 32.4 Å². The number of aromatic nitrogens is 2. The third-order valence-corrected chi connectivity index (χ3v) is 4.51. The van der Waals surface area contributed by atoms with Gasteiger partial charge in [-0.1, -0.05) is 0 Å². The summed E-state index contributed by atoms with van der Waals surface area (Å²) in [5, 5.41) is 4.15. The zero-order valence-corrected chi connectivity index (χ0v) is 13.9. The first-order valence-electron chi connectivity index (χ1n) is 7.39. The van der Waals surface area contributed by atoms with Crippen LogP contribution in [0.3, 0.4) is 0 Å². The summed E-state index contributed by atoms with van der Waals surface area (Å²) in [4.78, 5) is 25.4. The molecule has 3 rings (SSSR count). The van der Waals surface area contributed by atoms with Gasteiger partial charge < -0.3 is 9.80 Å². The highest BCUT2D eigenvalue weighted by atomic mass is 32.1. The van der Waals surface area contributed by atoms with Crippen molar-refractivity contribution in [3.05, 3.63) is 39.8 Å². The summed E-state index contributed by atoms with van der Waals surface area (Å²) in [5.74, 6) is 0.668. The third-order valence-electron chi connectivity index (χ3n) is 3.78. The molecule has 1 aliphatic carbocycles. The molecule has 0 aromatic carbocycles. The van der Waals surface area contributed by atoms with Crippen molar-refractivity contribution in [3.8, 4) is 0 Å². The van der Waals surface area contributed by atoms with E-state index in [0.29, 0.717) is 24.1 Å². The number of carbonyl (C=O) groups excluding carboxylic acids is 1. The number of carbonyl (C=O) groups is 1. The summed E-state index contributed by atoms with van der Waals surface area (Å²) in [5.41, 5.74) is 2.53. The molecule has 0 bridgehead atoms. The van der Waals surface area contributed by atoms with E-state index in [9.17, 15) is 4.79 Å². The summed E-state index contributed by atoms with van der Waals surface area (Å²) in [7, 11) is 3.78. The van der Waals surface area contributed by atoms with E-state index < -0.39 is 0 Å². The Morgan fingerprint density at radius 3 is 2.73 bits per heavy atom. The predicted molar refractivity (Wildman–Crippen MR) is 88.3 cm³/mol. The second-order valence-corrected chi connectivity index (χ2v) is 6.64. The van der Waals surface area contributed by atoms with E-state index in [1.165, 1.54) is 5.56 Å². The SMILES string of the molecule is Cc1nc(N(C)C)ncc1C(=O)N(Cc1ccsc1)C1CC1. The van der Waals surface area contributed by atoms with Gasteiger partial charge in [0.05, 0.1) is 11.3 Å². The molecule has 0 unspecified atom stereocenters. The second kappa shape index (κ2) is 6.04. The Labute approximate surface area is 134 Å². The van der Waals surface area contributed by atoms with Crippen molar-refractivity contribution < 1.29 is 4.79 Å². The van der Waals surface area contributed by atoms with Crippen molar-refractivity contribution in [2.24, 2.45) is 0 Å². The van der Waals surface area contributed by atoms with Gasteiger partial charge in [-0.25, -0.2) is 9.97 Å². The minimum atomic E-state index is 0.0384. The molecular formula is C16H20N4OS. The number of thiophene rings is 1. The van der Waals surface area contributed by atoms with Gasteiger partial charge in [-0.05, 0) is 42.2 Å². The average molecular weight is 316 g/mol. The van der Waals surface area contributed by atoms with E-state index in [2.05, 4.69) is 21.4 Å². The maximum atomic E-state index is 12.9. The quantitative estimate of drug-likeness (QED) is 0.851. The van der Waals surface area contributed by atoms with Gasteiger partial charge in [0.25, 0.3) is 5.91 Å². The fourth-order valence-electron chi connectivity index (χ4n) is 2.37. The molecule has 0 atom stereocenters. The summed E-state index contributed by atoms with van der Waals surface area (Å²) < 4.78 is 0. The van der Waals surface area contributed by atoms with Gasteiger partial charge in [0.15, 0.2) is 0 Å². The number of hydrogen-bond acceptors (Lipinski definition) is 5. The van der Waals surface area contributed by atoms with Crippen LogP contribution < -0.4 is 4.90 Å². The van der Waals surface area contributed by atoms with E-state index in [1.54, 1.807) is 17.5 Å². The van der Waals surface area contributed by atoms with Crippen LogP contribution in [0.1, 0.15) is 34.5 Å². The lowest BCUT2D eigenvalue weighted by molar-refractivity contribution is 0.0728. The molecule has 1 amide bonds. The molecule has 1 aliphatic rings. The number of amides is 1. The van der Waals surface area contributed by atoms with Crippen LogP contribution in [0.2, 0.25) is 0 Å². The normalized spacial score (nSPS) is 14.0. The average Bonchev–Trinajstić information content (AvgIpc) is 3.20. The summed E-state index contributed by atoms with van der Waals surface area (Å²) in [6, 6.07) is 2.44. The van der Waals surface area contributed by atoms with Crippen molar-refractivity contribution in [1.82, 2.24) is 14.9 Å². The largest absolute Gasteiger partial charge is 0.347 e. The number of anilines is 1. The molecular weight excluding hydrogens is 296 g/mol. The highest BCUT2D eigenvalue weighted by molar-refractivity contribution is 7.07. The first-order valence-corrected chi connectivity index (χ1v) is 8.33. The lowest BCUT2D eigenvalue weighted by Crippen LogP contribution is -2.33. The predicted octanol–water partition coefficient (Wildman–Crippen LogP) is 2.72. The number of hydrogen-bond donors (Lipinski definition) is 0. The minimum absolute atomic E-state index is 0.0384. The highest BCUT2D eigenvalue weighted by Gasteiger charge is 2.34. The smallest absolute Gasteiger partial charge is 0.257 e. The Morgan fingerprint density at radius 2 is 2.18 bits per heavy atom. The van der Waals surface area contributed by atoms with Crippen LogP contribution in [0.15, 0.2) is 23.0 Å². The highest BCUT2D eigenvalue weighted by Crippen LogP contribution is 2.30. The number of aryl methyl sites for hydroxylation is 1. The molecule has 2 aromatic heterocycles. The number of nitrogens with zero attached hydrogens (tertiary/aromatic N) is 4. The van der Waals surface area contributed by atoms with Crippen LogP contribution in [-0.2, 0) is 6.54 Å². The molecule has 0 radical (unpaired) electrons. The maximum Gasteiger partial charge on any atom is 0.257 e. The molecule has 0 N–H and O–H groups in total. The van der Waals surface area contributed by atoms with Crippen LogP contribution in [0.4, 0.5) is 5.95 Å². The van der Waals surface area contributed by atoms with Gasteiger partial charge in [-0.15, -0.1) is 0 Å². The molecule has 0 spiro atoms. The topological polar surface area (TPSA) is 49.3 Å². The fourth-order valence-corrected chi connectivity index (χ4v) is 3.03. The van der Waals surface area contributed by atoms with Crippen molar-refractivity contribution in [3.63, 3.8) is 0 Å². The minimum Gasteiger partial charge on any atom is -0.347 e. The van der Waals surface area contributed by atoms with E-state index in [-0.39, 0.29) is 5.91 Å². The molecule has 2 heterocycles. The zero-order valence-electron chi connectivity index (χ0n) is 13.1. The maximum absolute atomic E-state index is 12.9. The van der Waals surface area contributed by atoms with E-state index >= 15 is 0 Å². The van der Waals surface area contributed by atoms with Crippen LogP contribution >= 0.6 is 11.3 Å². The molecule has 22 heavy (non-hydrogen) atoms. The van der Waals surface area contributed by atoms with E-state index in [0.717, 1.165) is 18.5 Å². The fraction of sp³-hybridized carbons (Fsp3) is 0.438. The molecule has 1 saturated carbocycles. The Morgan fingerprint density at radius 1 is 1.41 bits per heavy atom. The molecule has 6 heteroatoms. The zero-order chi connectivity index (χ0) is 15.7. The van der Waals surface area contributed by atoms with Gasteiger partial charge in [0.1, 0.15) is 0 Å². The Bertz CT molecular complexity index is 665. The van der Waals surface area contributed by atoms with Gasteiger partial charge in [0.2, 0.25) is 5.95 Å². The number of rotatable bonds is 5. The van der Waals surface area contributed by atoms with Crippen LogP contribution in [0.5, 0.6) is 0 Å². The summed E-state index contributed by atoms with van der Waals surface area (Å²) in [6.45, 7) is 2.54. The van der Waals surface area contributed by atoms with Gasteiger partial charge in [0, 0.05) is 32.9 Å². The molecule has 0 aliphatic heterocycles. The van der Waals surface area contributed by atoms with Crippen molar-refractivity contribution in [2.75, 3.05) is 19.0 Å². The molecule has 116 valence electrons. The first-order chi connectivity index (χ1) is 10.6. The Hall–Kier alpha value is -1.95. The van der Waals surface area contributed by atoms with E-state index in [1.807, 2.05) is 36.2 Å². The van der Waals surface area contributed by atoms with Crippen LogP contribution in [0, 0.1) is 6.92 Å². The van der Waals surface area contributed by atoms with E-state index in [4.69, 9.17) is 0 Å². The molecule has 2 aromatic rings. The van der Waals surface area contributed by atoms with Crippen LogP contribution in [0.25, 0.3) is 0 Å². The van der Waals surface area contributed by atoms with Gasteiger partial charge in [-0.2, -0.15) is 11.3 Å². The summed E-state index contributed by atoms with van der Waals surface area (Å²) >= 11 is 1.66. The van der Waals surface area contributed by atoms with Crippen molar-refractivity contribution in [1.29, 1.82) is 0 Å². The molecule has 0 saturated heterocycles. The lowest BCUT2D eigenvalue weighted by Gasteiger charge is -2.23. The van der Waals surface area contributed by atoms with Crippen LogP contribution in [-0.4, -0.2) is 40.9 Å². The lowest BCUT2D eigenvalue weighted by atomic mass is 10.2. The summed E-state index contributed by atoms with van der Waals surface area (Å²) in [6.07, 6.45) is 3.83. The second-order valence-electron chi connectivity index (χ2n) is 5.86. The third kappa shape index (κ3) is 3.11. The molecule has 1 fully saturated rings. The Balaban J connectivity index is 1.84. The first kappa shape index (κ1) is 15.0. The molecule has 5 nitrogen and oxygen atoms in total. The monoisotopic (exact) mass is 316 g/mol.